The Labute approximate surface area is 255 Å². The van der Waals surface area contributed by atoms with Crippen LogP contribution in [0.25, 0.3) is 0 Å². The van der Waals surface area contributed by atoms with Gasteiger partial charge in [-0.2, -0.15) is 0 Å². The number of nitrogens with one attached hydrogen (secondary N) is 3. The molecule has 0 saturated heterocycles. The third-order valence-corrected chi connectivity index (χ3v) is 8.32. The number of Topliss-reactive ketones (excluding diaryl/α,β-unsaturated/α-hetero) is 1. The molecule has 5 N–H and O–H groups in total. The van der Waals surface area contributed by atoms with Gasteiger partial charge in [-0.1, -0.05) is 22.6 Å². The number of allylic oxidation sites excluding steroid dienone is 6. The number of pyridine rings is 1. The summed E-state index contributed by atoms with van der Waals surface area (Å²) in [6.45, 7) is 9.64. The number of aryl methyl sites for hydroxylation is 1. The van der Waals surface area contributed by atoms with Gasteiger partial charge in [-0.25, -0.2) is 0 Å². The number of nitrogens with two attached hydrogens (primary N) is 1. The minimum atomic E-state index is -0.538. The molecule has 0 aromatic carbocycles. The average Bonchev–Trinajstić information content (AvgIpc) is 2.98. The smallest absolute Gasteiger partial charge is 0.360 e. The van der Waals surface area contributed by atoms with Crippen molar-refractivity contribution in [2.75, 3.05) is 43.8 Å². The number of aromatic nitrogens is 3. The van der Waals surface area contributed by atoms with Crippen molar-refractivity contribution in [2.45, 2.75) is 78.2 Å². The fourth-order valence-electron chi connectivity index (χ4n) is 5.60. The first-order chi connectivity index (χ1) is 20.8. The quantitative estimate of drug-likeness (QED) is 0.171. The summed E-state index contributed by atoms with van der Waals surface area (Å²) in [6, 6.07) is 3.33. The standard InChI is InChI=1S/C33H48N7O3/c1-24-9-14-31-28(8-6-16-35-31)12-11-27(24)7-4-5-18-39(21-22-43-29-13-10-25(2)37-23-29)19-15-30(26(3)41)38-33-32(34)36-17-20-40(33)42/h10-13,17,20,23,30,35,38H,4-9,14-16,18-19,21-22H2,1-3H3,(H3,34,36,42)/q+1/t30-/m0/s1. The second-order valence-corrected chi connectivity index (χ2v) is 11.6. The Balaban J connectivity index is 1.34. The topological polar surface area (TPSA) is 131 Å². The third kappa shape index (κ3) is 9.81. The van der Waals surface area contributed by atoms with E-state index in [2.05, 4.69) is 44.6 Å². The number of nitrogens with zero attached hydrogens (tertiary/aromatic N) is 3. The van der Waals surface area contributed by atoms with Crippen molar-refractivity contribution in [2.24, 2.45) is 0 Å². The number of rotatable bonds is 15. The number of unbranched alkanes of at least 4 members (excludes halogenated alkanes) is 1. The first kappa shape index (κ1) is 32.0. The van der Waals surface area contributed by atoms with Crippen molar-refractivity contribution in [3.63, 3.8) is 0 Å². The Hall–Kier alpha value is -3.92. The molecule has 0 spiro atoms. The molecule has 2 aromatic rings. The Morgan fingerprint density at radius 3 is 2.79 bits per heavy atom. The molecule has 0 amide bonds. The molecule has 2 aromatic heterocycles. The van der Waals surface area contributed by atoms with Gasteiger partial charge in [-0.3, -0.25) is 20.0 Å². The normalized spacial score (nSPS) is 15.9. The Morgan fingerprint density at radius 1 is 1.16 bits per heavy atom. The van der Waals surface area contributed by atoms with Crippen LogP contribution in [-0.2, 0) is 4.79 Å². The Kier molecular flexibility index (Phi) is 12.0. The second kappa shape index (κ2) is 16.1. The monoisotopic (exact) mass is 590 g/mol. The van der Waals surface area contributed by atoms with Gasteiger partial charge >= 0.3 is 5.82 Å². The van der Waals surface area contributed by atoms with Gasteiger partial charge in [0.2, 0.25) is 0 Å². The number of H-pyrrole nitrogens is 1. The molecule has 10 nitrogen and oxygen atoms in total. The molecule has 0 unspecified atom stereocenters. The van der Waals surface area contributed by atoms with Crippen LogP contribution in [0.1, 0.15) is 70.9 Å². The number of hydrogen-bond donors (Lipinski definition) is 4. The zero-order valence-electron chi connectivity index (χ0n) is 26.0. The lowest BCUT2D eigenvalue weighted by Crippen LogP contribution is -2.38. The zero-order chi connectivity index (χ0) is 30.6. The van der Waals surface area contributed by atoms with E-state index in [1.807, 2.05) is 19.1 Å². The van der Waals surface area contributed by atoms with Crippen LogP contribution in [-0.4, -0.2) is 59.5 Å². The fourth-order valence-corrected chi connectivity index (χ4v) is 5.60. The van der Waals surface area contributed by atoms with E-state index in [0.717, 1.165) is 56.6 Å². The molecule has 1 atom stereocenters. The molecule has 0 fully saturated rings. The first-order valence-corrected chi connectivity index (χ1v) is 15.6. The summed E-state index contributed by atoms with van der Waals surface area (Å²) in [4.78, 5) is 34.3. The van der Waals surface area contributed by atoms with Gasteiger partial charge in [0.1, 0.15) is 12.4 Å². The van der Waals surface area contributed by atoms with E-state index in [0.29, 0.717) is 30.5 Å². The van der Waals surface area contributed by atoms with E-state index in [1.54, 1.807) is 6.20 Å². The van der Waals surface area contributed by atoms with Crippen molar-refractivity contribution in [3.05, 3.63) is 75.9 Å². The van der Waals surface area contributed by atoms with Crippen molar-refractivity contribution in [3.8, 4) is 5.75 Å². The molecular weight excluding hydrogens is 542 g/mol. The van der Waals surface area contributed by atoms with Crippen molar-refractivity contribution >= 4 is 17.4 Å². The van der Waals surface area contributed by atoms with E-state index >= 15 is 0 Å². The van der Waals surface area contributed by atoms with Crippen molar-refractivity contribution < 1.29 is 14.0 Å². The average molecular weight is 591 g/mol. The summed E-state index contributed by atoms with van der Waals surface area (Å²) in [5, 5.41) is 6.66. The van der Waals surface area contributed by atoms with Crippen molar-refractivity contribution in [1.29, 1.82) is 0 Å². The molecule has 2 aliphatic rings. The molecule has 1 aliphatic heterocycles. The van der Waals surface area contributed by atoms with E-state index in [-0.39, 0.29) is 17.4 Å². The van der Waals surface area contributed by atoms with Crippen molar-refractivity contribution in [1.82, 2.24) is 20.2 Å². The lowest BCUT2D eigenvalue weighted by molar-refractivity contribution is -0.478. The zero-order valence-corrected chi connectivity index (χ0v) is 26.0. The minimum Gasteiger partial charge on any atom is -0.491 e. The van der Waals surface area contributed by atoms with Crippen LogP contribution in [0, 0.1) is 11.8 Å². The van der Waals surface area contributed by atoms with Crippen LogP contribution in [0.15, 0.2) is 65.3 Å². The number of nitrogen functional groups attached to an aromatic ring is 1. The summed E-state index contributed by atoms with van der Waals surface area (Å²) in [5.41, 5.74) is 12.8. The maximum absolute atomic E-state index is 12.5. The van der Waals surface area contributed by atoms with Gasteiger partial charge in [0.15, 0.2) is 23.8 Å². The molecular formula is C33H48N7O3+. The molecule has 232 valence electrons. The molecule has 43 heavy (non-hydrogen) atoms. The van der Waals surface area contributed by atoms with Crippen LogP contribution in [0.3, 0.4) is 0 Å². The molecule has 3 heterocycles. The number of ketones is 1. The van der Waals surface area contributed by atoms with Crippen LogP contribution in [0.2, 0.25) is 0 Å². The first-order valence-electron chi connectivity index (χ1n) is 15.6. The highest BCUT2D eigenvalue weighted by Crippen LogP contribution is 2.28. The predicted octanol–water partition coefficient (Wildman–Crippen LogP) is 4.83. The third-order valence-electron chi connectivity index (χ3n) is 8.32. The van der Waals surface area contributed by atoms with Gasteiger partial charge in [0.05, 0.1) is 6.20 Å². The number of carbonyl (C=O) groups is 1. The summed E-state index contributed by atoms with van der Waals surface area (Å²) in [7, 11) is 0. The van der Waals surface area contributed by atoms with Gasteiger partial charge < -0.3 is 20.8 Å². The number of hydrogen-bond acceptors (Lipinski definition) is 8. The summed E-state index contributed by atoms with van der Waals surface area (Å²) in [6.07, 6.45) is 17.5. The molecule has 0 saturated carbocycles. The van der Waals surface area contributed by atoms with Gasteiger partial charge in [-0.15, -0.1) is 0 Å². The van der Waals surface area contributed by atoms with Gasteiger partial charge in [-0.05, 0) is 95.5 Å². The molecule has 10 heteroatoms. The Bertz CT molecular complexity index is 1380. The Morgan fingerprint density at radius 2 is 2.02 bits per heavy atom. The number of aromatic amines is 1. The number of anilines is 2. The highest BCUT2D eigenvalue weighted by Gasteiger charge is 2.24. The fraction of sp³-hybridized carbons (Fsp3) is 0.515. The summed E-state index contributed by atoms with van der Waals surface area (Å²) in [5.74, 6) is 1.05. The van der Waals surface area contributed by atoms with Gasteiger partial charge in [0.25, 0.3) is 0 Å². The van der Waals surface area contributed by atoms with E-state index in [1.165, 1.54) is 54.6 Å². The van der Waals surface area contributed by atoms with E-state index in [4.69, 9.17) is 10.5 Å². The van der Waals surface area contributed by atoms with Crippen LogP contribution in [0.4, 0.5) is 11.6 Å². The second-order valence-electron chi connectivity index (χ2n) is 11.6. The highest BCUT2D eigenvalue weighted by atomic mass is 16.5. The molecule has 0 radical (unpaired) electrons. The lowest BCUT2D eigenvalue weighted by atomic mass is 9.91. The highest BCUT2D eigenvalue weighted by molar-refractivity contribution is 5.84. The number of ether oxygens (including phenoxy) is 1. The summed E-state index contributed by atoms with van der Waals surface area (Å²) >= 11 is 0. The molecule has 4 rings (SSSR count). The minimum absolute atomic E-state index is 0.0462. The number of carbonyl (C=O) groups excluding carboxylic acids is 1. The largest absolute Gasteiger partial charge is 0.491 e. The molecule has 1 aliphatic carbocycles. The maximum Gasteiger partial charge on any atom is 0.360 e. The SMILES string of the molecule is CC(=O)[C@H](CCN(CCCCC1=C(C)CCC2=C(C=C1)CCCN2)CCOc1ccc(C)nc1)Nc1c(N)[nH]cc[n+]1=O. The molecule has 0 bridgehead atoms. The van der Waals surface area contributed by atoms with E-state index < -0.39 is 6.04 Å². The van der Waals surface area contributed by atoms with Crippen LogP contribution in [0.5, 0.6) is 5.75 Å². The summed E-state index contributed by atoms with van der Waals surface area (Å²) < 4.78 is 6.62. The predicted molar refractivity (Wildman–Crippen MR) is 171 cm³/mol. The van der Waals surface area contributed by atoms with Gasteiger partial charge in [0, 0.05) is 48.1 Å². The van der Waals surface area contributed by atoms with Crippen LogP contribution >= 0.6 is 0 Å². The van der Waals surface area contributed by atoms with E-state index in [9.17, 15) is 9.70 Å². The maximum atomic E-state index is 12.5. The van der Waals surface area contributed by atoms with Crippen LogP contribution < -0.4 is 25.5 Å². The lowest BCUT2D eigenvalue weighted by Gasteiger charge is -2.24.